The largest absolute Gasteiger partial charge is 0.494 e. The van der Waals surface area contributed by atoms with Gasteiger partial charge >= 0.3 is 0 Å². The van der Waals surface area contributed by atoms with E-state index in [1.807, 2.05) is 6.92 Å². The van der Waals surface area contributed by atoms with E-state index < -0.39 is 5.91 Å². The Labute approximate surface area is 157 Å². The van der Waals surface area contributed by atoms with Crippen molar-refractivity contribution in [1.82, 2.24) is 0 Å². The topological polar surface area (TPSA) is 109 Å². The summed E-state index contributed by atoms with van der Waals surface area (Å²) in [6.07, 6.45) is 0. The van der Waals surface area contributed by atoms with Crippen LogP contribution < -0.4 is 30.0 Å². The maximum absolute atomic E-state index is 12.6. The van der Waals surface area contributed by atoms with Crippen molar-refractivity contribution in [3.05, 3.63) is 42.0 Å². The van der Waals surface area contributed by atoms with Gasteiger partial charge in [0.1, 0.15) is 5.75 Å². The number of primary amides is 1. The summed E-state index contributed by atoms with van der Waals surface area (Å²) < 4.78 is 21.2. The molecule has 0 aromatic heterocycles. The van der Waals surface area contributed by atoms with Crippen molar-refractivity contribution in [2.75, 3.05) is 32.8 Å². The molecule has 0 unspecified atom stereocenters. The fraction of sp³-hybridized carbons (Fsp3) is 0.263. The first-order chi connectivity index (χ1) is 13.0. The van der Waals surface area contributed by atoms with Crippen molar-refractivity contribution >= 4 is 17.5 Å². The third kappa shape index (κ3) is 5.27. The Balaban J connectivity index is 2.23. The predicted octanol–water partition coefficient (Wildman–Crippen LogP) is 2.22. The van der Waals surface area contributed by atoms with Crippen LogP contribution in [-0.4, -0.2) is 39.2 Å². The normalized spacial score (nSPS) is 10.0. The number of hydrogen-bond donors (Lipinski definition) is 2. The lowest BCUT2D eigenvalue weighted by atomic mass is 10.1. The number of nitrogens with one attached hydrogen (secondary N) is 1. The number of methoxy groups -OCH3 is 2. The van der Waals surface area contributed by atoms with Gasteiger partial charge < -0.3 is 30.0 Å². The fourth-order valence-corrected chi connectivity index (χ4v) is 2.30. The number of nitrogens with two attached hydrogens (primary N) is 1. The van der Waals surface area contributed by atoms with Crippen molar-refractivity contribution < 1.29 is 28.5 Å². The van der Waals surface area contributed by atoms with Gasteiger partial charge in [0.25, 0.3) is 11.8 Å². The van der Waals surface area contributed by atoms with Crippen molar-refractivity contribution in [1.29, 1.82) is 0 Å². The number of ether oxygens (including phenoxy) is 4. The van der Waals surface area contributed by atoms with Crippen molar-refractivity contribution in [2.24, 2.45) is 5.73 Å². The average Bonchev–Trinajstić information content (AvgIpc) is 2.67. The molecule has 2 aromatic carbocycles. The molecule has 0 aliphatic rings. The molecule has 2 rings (SSSR count). The van der Waals surface area contributed by atoms with Crippen molar-refractivity contribution in [3.8, 4) is 23.0 Å². The second-order valence-corrected chi connectivity index (χ2v) is 5.38. The lowest BCUT2D eigenvalue weighted by Crippen LogP contribution is -2.20. The number of hydrogen-bond acceptors (Lipinski definition) is 6. The second-order valence-electron chi connectivity index (χ2n) is 5.38. The quantitative estimate of drug-likeness (QED) is 0.697. The van der Waals surface area contributed by atoms with Crippen LogP contribution >= 0.6 is 0 Å². The minimum absolute atomic E-state index is 0.191. The smallest absolute Gasteiger partial charge is 0.255 e. The molecule has 0 aliphatic carbocycles. The Kier molecular flexibility index (Phi) is 6.87. The maximum atomic E-state index is 12.6. The zero-order chi connectivity index (χ0) is 19.8. The van der Waals surface area contributed by atoms with Crippen molar-refractivity contribution in [3.63, 3.8) is 0 Å². The Hall–Kier alpha value is -3.42. The van der Waals surface area contributed by atoms with Crippen molar-refractivity contribution in [2.45, 2.75) is 6.92 Å². The summed E-state index contributed by atoms with van der Waals surface area (Å²) >= 11 is 0. The van der Waals surface area contributed by atoms with Crippen LogP contribution in [0.3, 0.4) is 0 Å². The molecule has 0 saturated carbocycles. The lowest BCUT2D eigenvalue weighted by Gasteiger charge is -2.15. The number of carbonyl (C=O) groups excluding carboxylic acids is 2. The van der Waals surface area contributed by atoms with E-state index in [1.54, 1.807) is 24.3 Å². The predicted molar refractivity (Wildman–Crippen MR) is 99.8 cm³/mol. The minimum atomic E-state index is -0.642. The second kappa shape index (κ2) is 9.33. The summed E-state index contributed by atoms with van der Waals surface area (Å²) in [5.41, 5.74) is 6.00. The molecule has 2 amide bonds. The van der Waals surface area contributed by atoms with Gasteiger partial charge in [0.15, 0.2) is 18.1 Å². The summed E-state index contributed by atoms with van der Waals surface area (Å²) in [6, 6.07) is 9.98. The van der Waals surface area contributed by atoms with Crippen LogP contribution in [0.1, 0.15) is 17.3 Å². The number of amides is 2. The third-order valence-electron chi connectivity index (χ3n) is 3.50. The first-order valence-electron chi connectivity index (χ1n) is 8.19. The number of carbonyl (C=O) groups is 2. The fourth-order valence-electron chi connectivity index (χ4n) is 2.30. The Bertz CT molecular complexity index is 779. The minimum Gasteiger partial charge on any atom is -0.494 e. The molecule has 0 aliphatic heterocycles. The molecule has 27 heavy (non-hydrogen) atoms. The molecule has 8 heteroatoms. The molecule has 8 nitrogen and oxygen atoms in total. The van der Waals surface area contributed by atoms with Gasteiger partial charge in [-0.05, 0) is 43.3 Å². The first kappa shape index (κ1) is 19.9. The third-order valence-corrected chi connectivity index (χ3v) is 3.50. The average molecular weight is 374 g/mol. The van der Waals surface area contributed by atoms with Gasteiger partial charge in [-0.3, -0.25) is 9.59 Å². The first-order valence-corrected chi connectivity index (χ1v) is 8.19. The van der Waals surface area contributed by atoms with E-state index in [2.05, 4.69) is 5.32 Å². The molecule has 144 valence electrons. The van der Waals surface area contributed by atoms with Gasteiger partial charge in [-0.25, -0.2) is 0 Å². The Morgan fingerprint density at radius 2 is 1.59 bits per heavy atom. The zero-order valence-electron chi connectivity index (χ0n) is 15.4. The van der Waals surface area contributed by atoms with E-state index in [9.17, 15) is 9.59 Å². The van der Waals surface area contributed by atoms with Crippen LogP contribution in [0, 0.1) is 0 Å². The number of rotatable bonds is 9. The monoisotopic (exact) mass is 374 g/mol. The van der Waals surface area contributed by atoms with E-state index in [0.717, 1.165) is 5.75 Å². The van der Waals surface area contributed by atoms with Gasteiger partial charge in [-0.1, -0.05) is 0 Å². The van der Waals surface area contributed by atoms with Gasteiger partial charge in [-0.15, -0.1) is 0 Å². The van der Waals surface area contributed by atoms with Crippen LogP contribution in [0.25, 0.3) is 0 Å². The van der Waals surface area contributed by atoms with Gasteiger partial charge in [0.2, 0.25) is 5.75 Å². The Morgan fingerprint density at radius 1 is 1.00 bits per heavy atom. The molecule has 0 fully saturated rings. The van der Waals surface area contributed by atoms with Crippen LogP contribution in [0.2, 0.25) is 0 Å². The summed E-state index contributed by atoms with van der Waals surface area (Å²) in [4.78, 5) is 23.5. The summed E-state index contributed by atoms with van der Waals surface area (Å²) in [5, 5.41) is 2.78. The van der Waals surface area contributed by atoms with Gasteiger partial charge in [0.05, 0.1) is 20.8 Å². The van der Waals surface area contributed by atoms with E-state index in [0.29, 0.717) is 17.9 Å². The standard InChI is InChI=1S/C19H22N2O6/c1-4-26-14-7-5-13(6-8-14)21-19(23)12-9-15(24-2)18(16(10-12)25-3)27-11-17(20)22/h5-10H,4,11H2,1-3H3,(H2,20,22)(H,21,23). The number of anilines is 1. The molecule has 0 bridgehead atoms. The highest BCUT2D eigenvalue weighted by molar-refractivity contribution is 6.05. The molecule has 0 spiro atoms. The molecule has 0 radical (unpaired) electrons. The van der Waals surface area contributed by atoms with Gasteiger partial charge in [-0.2, -0.15) is 0 Å². The zero-order valence-corrected chi connectivity index (χ0v) is 15.4. The van der Waals surface area contributed by atoms with Crippen LogP contribution in [-0.2, 0) is 4.79 Å². The summed E-state index contributed by atoms with van der Waals surface area (Å²) in [5.74, 6) is 0.389. The summed E-state index contributed by atoms with van der Waals surface area (Å²) in [7, 11) is 2.83. The van der Waals surface area contributed by atoms with E-state index >= 15 is 0 Å². The SMILES string of the molecule is CCOc1ccc(NC(=O)c2cc(OC)c(OCC(N)=O)c(OC)c2)cc1. The van der Waals surface area contributed by atoms with Crippen LogP contribution in [0.5, 0.6) is 23.0 Å². The molecule has 0 atom stereocenters. The molecular formula is C19H22N2O6. The van der Waals surface area contributed by atoms with E-state index in [-0.39, 0.29) is 29.8 Å². The number of benzene rings is 2. The van der Waals surface area contributed by atoms with E-state index in [4.69, 9.17) is 24.7 Å². The highest BCUT2D eigenvalue weighted by atomic mass is 16.5. The highest BCUT2D eigenvalue weighted by Crippen LogP contribution is 2.38. The molecule has 3 N–H and O–H groups in total. The molecule has 0 heterocycles. The molecular weight excluding hydrogens is 352 g/mol. The van der Waals surface area contributed by atoms with Crippen LogP contribution in [0.4, 0.5) is 5.69 Å². The van der Waals surface area contributed by atoms with E-state index in [1.165, 1.54) is 26.4 Å². The van der Waals surface area contributed by atoms with Crippen LogP contribution in [0.15, 0.2) is 36.4 Å². The lowest BCUT2D eigenvalue weighted by molar-refractivity contribution is -0.120. The Morgan fingerprint density at radius 3 is 2.07 bits per heavy atom. The highest BCUT2D eigenvalue weighted by Gasteiger charge is 2.18. The maximum Gasteiger partial charge on any atom is 0.255 e. The van der Waals surface area contributed by atoms with Gasteiger partial charge in [0, 0.05) is 11.3 Å². The summed E-state index contributed by atoms with van der Waals surface area (Å²) in [6.45, 7) is 2.12. The molecule has 2 aromatic rings. The molecule has 0 saturated heterocycles.